The highest BCUT2D eigenvalue weighted by molar-refractivity contribution is 5.23. The SMILES string of the molecule is CCN(CCC#N)CCCn1ccc(N)n1. The van der Waals surface area contributed by atoms with Gasteiger partial charge in [-0.25, -0.2) is 0 Å². The number of aromatic nitrogens is 2. The van der Waals surface area contributed by atoms with Crippen LogP contribution >= 0.6 is 0 Å². The van der Waals surface area contributed by atoms with E-state index < -0.39 is 0 Å². The van der Waals surface area contributed by atoms with Crippen molar-refractivity contribution in [2.45, 2.75) is 26.3 Å². The first kappa shape index (κ1) is 12.5. The lowest BCUT2D eigenvalue weighted by Gasteiger charge is -2.18. The van der Waals surface area contributed by atoms with Crippen molar-refractivity contribution in [1.29, 1.82) is 5.26 Å². The molecule has 2 N–H and O–H groups in total. The lowest BCUT2D eigenvalue weighted by molar-refractivity contribution is 0.283. The number of anilines is 1. The maximum absolute atomic E-state index is 8.51. The van der Waals surface area contributed by atoms with Crippen LogP contribution in [0.2, 0.25) is 0 Å². The molecule has 0 aliphatic heterocycles. The predicted octanol–water partition coefficient (Wildman–Crippen LogP) is 1.09. The van der Waals surface area contributed by atoms with Crippen LogP contribution in [0.4, 0.5) is 5.82 Å². The van der Waals surface area contributed by atoms with E-state index in [2.05, 4.69) is 23.0 Å². The Labute approximate surface area is 96.5 Å². The molecule has 1 rings (SSSR count). The quantitative estimate of drug-likeness (QED) is 0.748. The minimum absolute atomic E-state index is 0.567. The topological polar surface area (TPSA) is 70.9 Å². The Hall–Kier alpha value is -1.54. The molecule has 1 aromatic rings. The summed E-state index contributed by atoms with van der Waals surface area (Å²) >= 11 is 0. The van der Waals surface area contributed by atoms with E-state index >= 15 is 0 Å². The van der Waals surface area contributed by atoms with Crippen molar-refractivity contribution < 1.29 is 0 Å². The molecule has 88 valence electrons. The first-order valence-corrected chi connectivity index (χ1v) is 5.64. The van der Waals surface area contributed by atoms with Gasteiger partial charge in [-0.05, 0) is 25.6 Å². The normalized spacial score (nSPS) is 10.6. The summed E-state index contributed by atoms with van der Waals surface area (Å²) in [4.78, 5) is 2.27. The van der Waals surface area contributed by atoms with Crippen molar-refractivity contribution in [2.75, 3.05) is 25.4 Å². The van der Waals surface area contributed by atoms with Gasteiger partial charge in [-0.3, -0.25) is 4.68 Å². The van der Waals surface area contributed by atoms with E-state index in [1.807, 2.05) is 10.9 Å². The molecule has 0 fully saturated rings. The van der Waals surface area contributed by atoms with Crippen LogP contribution in [0.15, 0.2) is 12.3 Å². The minimum Gasteiger partial charge on any atom is -0.382 e. The third-order valence-corrected chi connectivity index (χ3v) is 2.51. The summed E-state index contributed by atoms with van der Waals surface area (Å²) < 4.78 is 1.85. The summed E-state index contributed by atoms with van der Waals surface area (Å²) in [6, 6.07) is 3.97. The average molecular weight is 221 g/mol. The van der Waals surface area contributed by atoms with Crippen LogP contribution in [0.5, 0.6) is 0 Å². The number of nitrogens with zero attached hydrogens (tertiary/aromatic N) is 4. The standard InChI is InChI=1S/C11H19N5/c1-2-15(7-3-6-12)8-4-9-16-10-5-11(13)14-16/h5,10H,2-4,7-9H2,1H3,(H2,13,14). The van der Waals surface area contributed by atoms with Gasteiger partial charge in [0.05, 0.1) is 6.07 Å². The molecule has 0 aliphatic rings. The van der Waals surface area contributed by atoms with Gasteiger partial charge in [-0.15, -0.1) is 0 Å². The van der Waals surface area contributed by atoms with E-state index in [9.17, 15) is 0 Å². The summed E-state index contributed by atoms with van der Waals surface area (Å²) in [7, 11) is 0. The van der Waals surface area contributed by atoms with Crippen molar-refractivity contribution in [3.8, 4) is 6.07 Å². The highest BCUT2D eigenvalue weighted by Crippen LogP contribution is 1.99. The van der Waals surface area contributed by atoms with Crippen LogP contribution < -0.4 is 5.73 Å². The number of hydrogen-bond acceptors (Lipinski definition) is 4. The van der Waals surface area contributed by atoms with Gasteiger partial charge in [0.2, 0.25) is 0 Å². The highest BCUT2D eigenvalue weighted by Gasteiger charge is 2.01. The summed E-state index contributed by atoms with van der Waals surface area (Å²) in [5.74, 6) is 0.567. The van der Waals surface area contributed by atoms with E-state index in [-0.39, 0.29) is 0 Å². The first-order chi connectivity index (χ1) is 7.76. The molecule has 0 bridgehead atoms. The molecule has 0 saturated heterocycles. The zero-order chi connectivity index (χ0) is 11.8. The number of rotatable bonds is 7. The van der Waals surface area contributed by atoms with Crippen molar-refractivity contribution in [2.24, 2.45) is 0 Å². The molecular weight excluding hydrogens is 202 g/mol. The zero-order valence-electron chi connectivity index (χ0n) is 9.76. The molecule has 0 aliphatic carbocycles. The lowest BCUT2D eigenvalue weighted by atomic mass is 10.3. The summed E-state index contributed by atoms with van der Waals surface area (Å²) in [5, 5.41) is 12.6. The molecule has 1 aromatic heterocycles. The minimum atomic E-state index is 0.567. The van der Waals surface area contributed by atoms with Gasteiger partial charge in [0.25, 0.3) is 0 Å². The number of nitriles is 1. The second-order valence-corrected chi connectivity index (χ2v) is 3.70. The second kappa shape index (κ2) is 6.85. The van der Waals surface area contributed by atoms with Crippen molar-refractivity contribution in [3.05, 3.63) is 12.3 Å². The zero-order valence-corrected chi connectivity index (χ0v) is 9.76. The average Bonchev–Trinajstić information content (AvgIpc) is 2.69. The third-order valence-electron chi connectivity index (χ3n) is 2.51. The van der Waals surface area contributed by atoms with Crippen LogP contribution in [-0.2, 0) is 6.54 Å². The number of nitrogens with two attached hydrogens (primary N) is 1. The molecule has 0 atom stereocenters. The fourth-order valence-corrected chi connectivity index (χ4v) is 1.59. The van der Waals surface area contributed by atoms with E-state index in [1.165, 1.54) is 0 Å². The monoisotopic (exact) mass is 221 g/mol. The molecule has 0 amide bonds. The maximum Gasteiger partial charge on any atom is 0.145 e. The van der Waals surface area contributed by atoms with E-state index in [0.29, 0.717) is 12.2 Å². The van der Waals surface area contributed by atoms with Crippen molar-refractivity contribution >= 4 is 5.82 Å². The molecule has 5 heteroatoms. The highest BCUT2D eigenvalue weighted by atomic mass is 15.3. The lowest BCUT2D eigenvalue weighted by Crippen LogP contribution is -2.26. The van der Waals surface area contributed by atoms with Gasteiger partial charge in [-0.2, -0.15) is 10.4 Å². The first-order valence-electron chi connectivity index (χ1n) is 5.64. The number of nitrogen functional groups attached to an aromatic ring is 1. The summed E-state index contributed by atoms with van der Waals surface area (Å²) in [5.41, 5.74) is 5.52. The molecule has 0 unspecified atom stereocenters. The van der Waals surface area contributed by atoms with Crippen LogP contribution in [0, 0.1) is 11.3 Å². The van der Waals surface area contributed by atoms with Crippen LogP contribution in [0.1, 0.15) is 19.8 Å². The largest absolute Gasteiger partial charge is 0.382 e. The van der Waals surface area contributed by atoms with Gasteiger partial charge in [0.1, 0.15) is 5.82 Å². The molecule has 1 heterocycles. The Morgan fingerprint density at radius 3 is 2.94 bits per heavy atom. The van der Waals surface area contributed by atoms with Crippen molar-refractivity contribution in [3.63, 3.8) is 0 Å². The molecule has 16 heavy (non-hydrogen) atoms. The Kier molecular flexibility index (Phi) is 5.37. The summed E-state index contributed by atoms with van der Waals surface area (Å²) in [6.07, 6.45) is 3.52. The molecule has 0 spiro atoms. The number of hydrogen-bond donors (Lipinski definition) is 1. The van der Waals surface area contributed by atoms with Crippen LogP contribution in [-0.4, -0.2) is 34.3 Å². The predicted molar refractivity (Wildman–Crippen MR) is 63.6 cm³/mol. The van der Waals surface area contributed by atoms with Gasteiger partial charge < -0.3 is 10.6 Å². The Morgan fingerprint density at radius 2 is 2.38 bits per heavy atom. The van der Waals surface area contributed by atoms with Crippen molar-refractivity contribution in [1.82, 2.24) is 14.7 Å². The Balaban J connectivity index is 2.20. The Morgan fingerprint density at radius 1 is 1.56 bits per heavy atom. The third kappa shape index (κ3) is 4.32. The van der Waals surface area contributed by atoms with Crippen LogP contribution in [0.3, 0.4) is 0 Å². The van der Waals surface area contributed by atoms with E-state index in [0.717, 1.165) is 32.6 Å². The second-order valence-electron chi connectivity index (χ2n) is 3.70. The van der Waals surface area contributed by atoms with Gasteiger partial charge in [0, 0.05) is 25.7 Å². The van der Waals surface area contributed by atoms with Crippen LogP contribution in [0.25, 0.3) is 0 Å². The molecule has 0 aromatic carbocycles. The van der Waals surface area contributed by atoms with Gasteiger partial charge >= 0.3 is 0 Å². The van der Waals surface area contributed by atoms with E-state index in [4.69, 9.17) is 11.0 Å². The van der Waals surface area contributed by atoms with E-state index in [1.54, 1.807) is 6.07 Å². The van der Waals surface area contributed by atoms with Gasteiger partial charge in [-0.1, -0.05) is 6.92 Å². The maximum atomic E-state index is 8.51. The van der Waals surface area contributed by atoms with Gasteiger partial charge in [0.15, 0.2) is 0 Å². The number of aryl methyl sites for hydroxylation is 1. The summed E-state index contributed by atoms with van der Waals surface area (Å²) in [6.45, 7) is 5.83. The Bertz CT molecular complexity index is 338. The smallest absolute Gasteiger partial charge is 0.145 e. The fourth-order valence-electron chi connectivity index (χ4n) is 1.59. The molecular formula is C11H19N5. The molecule has 0 saturated carbocycles. The molecule has 0 radical (unpaired) electrons. The fraction of sp³-hybridized carbons (Fsp3) is 0.636. The molecule has 5 nitrogen and oxygen atoms in total.